The molecule has 1 aliphatic rings. The second-order valence-electron chi connectivity index (χ2n) is 5.64. The molecule has 0 radical (unpaired) electrons. The van der Waals surface area contributed by atoms with E-state index in [1.807, 2.05) is 0 Å². The summed E-state index contributed by atoms with van der Waals surface area (Å²) in [4.78, 5) is 12.4. The van der Waals surface area contributed by atoms with Crippen LogP contribution in [0.3, 0.4) is 0 Å². The molecule has 0 unspecified atom stereocenters. The Labute approximate surface area is 115 Å². The predicted molar refractivity (Wildman–Crippen MR) is 66.9 cm³/mol. The number of Topliss-reactive ketones (excluding diaryl/α,β-unsaturated/α-hetero) is 1. The van der Waals surface area contributed by atoms with Gasteiger partial charge >= 0.3 is 6.18 Å². The van der Waals surface area contributed by atoms with Gasteiger partial charge < -0.3 is 0 Å². The third kappa shape index (κ3) is 2.86. The number of ketones is 1. The molecule has 1 aliphatic carbocycles. The largest absolute Gasteiger partial charge is 0.419 e. The van der Waals surface area contributed by atoms with E-state index in [9.17, 15) is 22.4 Å². The Morgan fingerprint density at radius 1 is 1.15 bits per heavy atom. The van der Waals surface area contributed by atoms with Gasteiger partial charge in [0.25, 0.3) is 0 Å². The summed E-state index contributed by atoms with van der Waals surface area (Å²) >= 11 is 0. The molecular weight excluding hydrogens is 272 g/mol. The summed E-state index contributed by atoms with van der Waals surface area (Å²) < 4.78 is 51.3. The lowest BCUT2D eigenvalue weighted by Gasteiger charge is -2.32. The highest BCUT2D eigenvalue weighted by atomic mass is 19.4. The maximum atomic E-state index is 13.2. The summed E-state index contributed by atoms with van der Waals surface area (Å²) in [6.07, 6.45) is -0.603. The van der Waals surface area contributed by atoms with Crippen LogP contribution in [0.1, 0.15) is 54.9 Å². The zero-order valence-electron chi connectivity index (χ0n) is 11.2. The predicted octanol–water partition coefficient (Wildman–Crippen LogP) is 5.00. The van der Waals surface area contributed by atoms with Crippen molar-refractivity contribution >= 4 is 5.78 Å². The summed E-state index contributed by atoms with van der Waals surface area (Å²) in [6, 6.07) is 2.51. The molecule has 1 aromatic rings. The minimum Gasteiger partial charge on any atom is -0.294 e. The van der Waals surface area contributed by atoms with Crippen LogP contribution in [-0.4, -0.2) is 5.78 Å². The lowest BCUT2D eigenvalue weighted by atomic mass is 9.71. The molecule has 0 saturated heterocycles. The van der Waals surface area contributed by atoms with Gasteiger partial charge in [-0.1, -0.05) is 26.2 Å². The number of rotatable bonds is 2. The van der Waals surface area contributed by atoms with Crippen LogP contribution < -0.4 is 0 Å². The third-order valence-corrected chi connectivity index (χ3v) is 4.04. The minimum absolute atomic E-state index is 0.0527. The Hall–Kier alpha value is -1.39. The van der Waals surface area contributed by atoms with E-state index in [-0.39, 0.29) is 11.3 Å². The molecule has 0 spiro atoms. The molecule has 0 aromatic heterocycles. The highest BCUT2D eigenvalue weighted by molar-refractivity contribution is 6.00. The zero-order chi connectivity index (χ0) is 15.0. The van der Waals surface area contributed by atoms with Gasteiger partial charge in [-0.15, -0.1) is 0 Å². The van der Waals surface area contributed by atoms with E-state index in [0.29, 0.717) is 18.9 Å². The van der Waals surface area contributed by atoms with Gasteiger partial charge in [0, 0.05) is 11.0 Å². The van der Waals surface area contributed by atoms with E-state index in [1.54, 1.807) is 6.92 Å². The molecule has 0 aliphatic heterocycles. The molecule has 20 heavy (non-hydrogen) atoms. The first-order valence-electron chi connectivity index (χ1n) is 6.66. The molecule has 0 N–H and O–H groups in total. The van der Waals surface area contributed by atoms with Crippen LogP contribution >= 0.6 is 0 Å². The summed E-state index contributed by atoms with van der Waals surface area (Å²) in [5, 5.41) is 0. The molecule has 1 fully saturated rings. The smallest absolute Gasteiger partial charge is 0.294 e. The molecule has 5 heteroatoms. The number of alkyl halides is 3. The number of hydrogen-bond donors (Lipinski definition) is 0. The summed E-state index contributed by atoms with van der Waals surface area (Å²) in [7, 11) is 0. The van der Waals surface area contributed by atoms with Gasteiger partial charge in [-0.3, -0.25) is 4.79 Å². The molecule has 110 valence electrons. The third-order valence-electron chi connectivity index (χ3n) is 4.04. The first kappa shape index (κ1) is 15.0. The van der Waals surface area contributed by atoms with Crippen molar-refractivity contribution in [2.24, 2.45) is 5.41 Å². The number of hydrogen-bond acceptors (Lipinski definition) is 1. The van der Waals surface area contributed by atoms with Crippen LogP contribution in [0.4, 0.5) is 17.6 Å². The lowest BCUT2D eigenvalue weighted by Crippen LogP contribution is -2.30. The van der Waals surface area contributed by atoms with E-state index in [0.717, 1.165) is 31.4 Å². The van der Waals surface area contributed by atoms with Crippen molar-refractivity contribution in [1.82, 2.24) is 0 Å². The van der Waals surface area contributed by atoms with Gasteiger partial charge in [-0.05, 0) is 31.0 Å². The van der Waals surface area contributed by atoms with E-state index in [4.69, 9.17) is 0 Å². The van der Waals surface area contributed by atoms with Gasteiger partial charge in [0.1, 0.15) is 5.82 Å². The van der Waals surface area contributed by atoms with Crippen LogP contribution in [-0.2, 0) is 6.18 Å². The highest BCUT2D eigenvalue weighted by Crippen LogP contribution is 2.40. The molecule has 1 saturated carbocycles. The zero-order valence-corrected chi connectivity index (χ0v) is 11.2. The van der Waals surface area contributed by atoms with Crippen molar-refractivity contribution < 1.29 is 22.4 Å². The Kier molecular flexibility index (Phi) is 3.89. The van der Waals surface area contributed by atoms with Gasteiger partial charge in [0.05, 0.1) is 5.56 Å². The van der Waals surface area contributed by atoms with Gasteiger partial charge in [0.2, 0.25) is 0 Å². The molecule has 1 aromatic carbocycles. The molecule has 0 amide bonds. The maximum absolute atomic E-state index is 13.2. The summed E-state index contributed by atoms with van der Waals surface area (Å²) in [5.41, 5.74) is -2.05. The average Bonchev–Trinajstić information content (AvgIpc) is 2.38. The van der Waals surface area contributed by atoms with Crippen molar-refractivity contribution in [3.63, 3.8) is 0 Å². The molecule has 0 heterocycles. The Bertz CT molecular complexity index is 513. The van der Waals surface area contributed by atoms with Crippen LogP contribution in [0.15, 0.2) is 18.2 Å². The average molecular weight is 288 g/mol. The molecule has 2 rings (SSSR count). The van der Waals surface area contributed by atoms with Gasteiger partial charge in [-0.25, -0.2) is 4.39 Å². The number of carbonyl (C=O) groups excluding carboxylic acids is 1. The van der Waals surface area contributed by atoms with E-state index < -0.39 is 23.0 Å². The van der Waals surface area contributed by atoms with Crippen molar-refractivity contribution in [1.29, 1.82) is 0 Å². The normalized spacial score (nSPS) is 18.9. The standard InChI is InChI=1S/C15H16F4O/c1-14(7-3-2-4-8-14)13(20)10-5-6-12(16)11(9-10)15(17,18)19/h5-6,9H,2-4,7-8H2,1H3. The van der Waals surface area contributed by atoms with Crippen molar-refractivity contribution in [3.05, 3.63) is 35.1 Å². The van der Waals surface area contributed by atoms with E-state index >= 15 is 0 Å². The van der Waals surface area contributed by atoms with Crippen molar-refractivity contribution in [2.45, 2.75) is 45.2 Å². The fourth-order valence-electron chi connectivity index (χ4n) is 2.79. The molecule has 0 bridgehead atoms. The van der Waals surface area contributed by atoms with Crippen LogP contribution in [0.25, 0.3) is 0 Å². The number of halogens is 4. The Balaban J connectivity index is 2.36. The molecule has 0 atom stereocenters. The second kappa shape index (κ2) is 5.19. The summed E-state index contributed by atoms with van der Waals surface area (Å²) in [6.45, 7) is 1.78. The Morgan fingerprint density at radius 3 is 2.30 bits per heavy atom. The van der Waals surface area contributed by atoms with Crippen molar-refractivity contribution in [2.75, 3.05) is 0 Å². The highest BCUT2D eigenvalue weighted by Gasteiger charge is 2.38. The van der Waals surface area contributed by atoms with Gasteiger partial charge in [0.15, 0.2) is 5.78 Å². The Morgan fingerprint density at radius 2 is 1.75 bits per heavy atom. The monoisotopic (exact) mass is 288 g/mol. The molecule has 1 nitrogen and oxygen atoms in total. The second-order valence-corrected chi connectivity index (χ2v) is 5.64. The topological polar surface area (TPSA) is 17.1 Å². The fourth-order valence-corrected chi connectivity index (χ4v) is 2.79. The first-order chi connectivity index (χ1) is 9.24. The van der Waals surface area contributed by atoms with E-state index in [1.165, 1.54) is 0 Å². The quantitative estimate of drug-likeness (QED) is 0.553. The first-order valence-corrected chi connectivity index (χ1v) is 6.66. The van der Waals surface area contributed by atoms with Crippen LogP contribution in [0.5, 0.6) is 0 Å². The molecular formula is C15H16F4O. The maximum Gasteiger partial charge on any atom is 0.419 e. The minimum atomic E-state index is -4.78. The SMILES string of the molecule is CC1(C(=O)c2ccc(F)c(C(F)(F)F)c2)CCCCC1. The number of benzene rings is 1. The van der Waals surface area contributed by atoms with Crippen molar-refractivity contribution in [3.8, 4) is 0 Å². The number of carbonyl (C=O) groups is 1. The van der Waals surface area contributed by atoms with Crippen LogP contribution in [0.2, 0.25) is 0 Å². The van der Waals surface area contributed by atoms with Crippen LogP contribution in [0, 0.1) is 11.2 Å². The van der Waals surface area contributed by atoms with Gasteiger partial charge in [-0.2, -0.15) is 13.2 Å². The van der Waals surface area contributed by atoms with E-state index in [2.05, 4.69) is 0 Å². The fraction of sp³-hybridized carbons (Fsp3) is 0.533. The summed E-state index contributed by atoms with van der Waals surface area (Å²) in [5.74, 6) is -1.66. The lowest BCUT2D eigenvalue weighted by molar-refractivity contribution is -0.140.